The average molecular weight is 371 g/mol. The molecule has 0 aliphatic carbocycles. The molecule has 1 fully saturated rings. The Morgan fingerprint density at radius 1 is 1.00 bits per heavy atom. The van der Waals surface area contributed by atoms with Gasteiger partial charge in [0, 0.05) is 39.1 Å². The van der Waals surface area contributed by atoms with Gasteiger partial charge in [-0.05, 0) is 12.1 Å². The van der Waals surface area contributed by atoms with Gasteiger partial charge in [-0.25, -0.2) is 4.79 Å². The number of piperazine rings is 1. The smallest absolute Gasteiger partial charge is 0.410 e. The van der Waals surface area contributed by atoms with Crippen LogP contribution in [0.4, 0.5) is 4.79 Å². The molecule has 27 heavy (non-hydrogen) atoms. The summed E-state index contributed by atoms with van der Waals surface area (Å²) in [4.78, 5) is 53.1. The molecule has 2 aliphatic rings. The Morgan fingerprint density at radius 2 is 1.56 bits per heavy atom. The van der Waals surface area contributed by atoms with Crippen molar-refractivity contribution in [2.24, 2.45) is 0 Å². The van der Waals surface area contributed by atoms with Crippen molar-refractivity contribution >= 4 is 23.8 Å². The number of hydrogen-bond donors (Lipinski definition) is 0. The van der Waals surface area contributed by atoms with E-state index in [0.717, 1.165) is 4.90 Å². The summed E-state index contributed by atoms with van der Waals surface area (Å²) in [7, 11) is 0. The molecule has 0 saturated carbocycles. The normalized spacial score (nSPS) is 16.4. The second-order valence-corrected chi connectivity index (χ2v) is 6.29. The zero-order chi connectivity index (χ0) is 19.4. The first kappa shape index (κ1) is 18.6. The topological polar surface area (TPSA) is 87.2 Å². The molecule has 0 aromatic heterocycles. The second kappa shape index (κ2) is 8.03. The van der Waals surface area contributed by atoms with E-state index in [2.05, 4.69) is 6.58 Å². The maximum absolute atomic E-state index is 12.4. The summed E-state index contributed by atoms with van der Waals surface area (Å²) in [6.45, 7) is 5.24. The van der Waals surface area contributed by atoms with Gasteiger partial charge in [-0.2, -0.15) is 0 Å². The fraction of sp³-hybridized carbons (Fsp3) is 0.368. The van der Waals surface area contributed by atoms with Gasteiger partial charge in [-0.15, -0.1) is 0 Å². The van der Waals surface area contributed by atoms with E-state index in [9.17, 15) is 19.2 Å². The Labute approximate surface area is 157 Å². The van der Waals surface area contributed by atoms with Crippen LogP contribution in [-0.2, 0) is 9.53 Å². The van der Waals surface area contributed by atoms with Crippen LogP contribution in [0.1, 0.15) is 27.1 Å². The molecule has 1 aromatic carbocycles. The molecule has 8 nitrogen and oxygen atoms in total. The van der Waals surface area contributed by atoms with Gasteiger partial charge < -0.3 is 14.5 Å². The fourth-order valence-electron chi connectivity index (χ4n) is 3.17. The van der Waals surface area contributed by atoms with Crippen molar-refractivity contribution in [2.45, 2.75) is 6.42 Å². The zero-order valence-electron chi connectivity index (χ0n) is 14.9. The van der Waals surface area contributed by atoms with E-state index in [1.165, 1.54) is 11.0 Å². The summed E-state index contributed by atoms with van der Waals surface area (Å²) >= 11 is 0. The van der Waals surface area contributed by atoms with Crippen LogP contribution in [0, 0.1) is 0 Å². The highest BCUT2D eigenvalue weighted by Gasteiger charge is 2.35. The maximum atomic E-state index is 12.4. The number of carbonyl (C=O) groups is 4. The molecule has 142 valence electrons. The molecule has 0 radical (unpaired) electrons. The highest BCUT2D eigenvalue weighted by Crippen LogP contribution is 2.22. The molecule has 2 heterocycles. The lowest BCUT2D eigenvalue weighted by Crippen LogP contribution is -2.51. The summed E-state index contributed by atoms with van der Waals surface area (Å²) in [5.74, 6) is -0.873. The van der Waals surface area contributed by atoms with Crippen LogP contribution >= 0.6 is 0 Å². The Hall–Kier alpha value is -3.16. The highest BCUT2D eigenvalue weighted by atomic mass is 16.6. The Morgan fingerprint density at radius 3 is 2.11 bits per heavy atom. The van der Waals surface area contributed by atoms with Crippen molar-refractivity contribution in [3.05, 3.63) is 48.0 Å². The molecule has 0 N–H and O–H groups in total. The largest absolute Gasteiger partial charge is 0.445 e. The lowest BCUT2D eigenvalue weighted by atomic mass is 10.1. The molecular formula is C19H21N3O5. The van der Waals surface area contributed by atoms with Crippen molar-refractivity contribution in [1.29, 1.82) is 0 Å². The lowest BCUT2D eigenvalue weighted by Gasteiger charge is -2.34. The van der Waals surface area contributed by atoms with Gasteiger partial charge in [-0.3, -0.25) is 19.3 Å². The van der Waals surface area contributed by atoms with Gasteiger partial charge in [0.15, 0.2) is 0 Å². The number of benzene rings is 1. The number of ether oxygens (including phenoxy) is 1. The fourth-order valence-corrected chi connectivity index (χ4v) is 3.17. The number of rotatable bonds is 5. The van der Waals surface area contributed by atoms with Gasteiger partial charge >= 0.3 is 6.09 Å². The van der Waals surface area contributed by atoms with Crippen LogP contribution in [0.5, 0.6) is 0 Å². The molecule has 0 spiro atoms. The molecule has 2 aliphatic heterocycles. The molecule has 0 bridgehead atoms. The molecule has 8 heteroatoms. The van der Waals surface area contributed by atoms with Crippen LogP contribution in [0.2, 0.25) is 0 Å². The van der Waals surface area contributed by atoms with E-state index in [4.69, 9.17) is 4.74 Å². The summed E-state index contributed by atoms with van der Waals surface area (Å²) in [5.41, 5.74) is 0.753. The molecule has 1 aromatic rings. The van der Waals surface area contributed by atoms with E-state index in [-0.39, 0.29) is 37.3 Å². The van der Waals surface area contributed by atoms with Crippen LogP contribution in [0.3, 0.4) is 0 Å². The monoisotopic (exact) mass is 371 g/mol. The molecule has 3 rings (SSSR count). The molecule has 1 saturated heterocycles. The maximum Gasteiger partial charge on any atom is 0.410 e. The Kier molecular flexibility index (Phi) is 5.54. The van der Waals surface area contributed by atoms with Crippen molar-refractivity contribution in [1.82, 2.24) is 14.7 Å². The minimum Gasteiger partial charge on any atom is -0.445 e. The molecular weight excluding hydrogens is 350 g/mol. The van der Waals surface area contributed by atoms with E-state index >= 15 is 0 Å². The van der Waals surface area contributed by atoms with Crippen molar-refractivity contribution in [3.8, 4) is 0 Å². The Balaban J connectivity index is 1.48. The predicted molar refractivity (Wildman–Crippen MR) is 96.1 cm³/mol. The number of hydrogen-bond acceptors (Lipinski definition) is 5. The number of nitrogens with zero attached hydrogens (tertiary/aromatic N) is 3. The third-order valence-corrected chi connectivity index (χ3v) is 4.64. The van der Waals surface area contributed by atoms with Crippen molar-refractivity contribution in [2.75, 3.05) is 39.3 Å². The number of fused-ring (bicyclic) bond motifs is 1. The van der Waals surface area contributed by atoms with Crippen LogP contribution in [-0.4, -0.2) is 77.8 Å². The van der Waals surface area contributed by atoms with Crippen LogP contribution in [0.15, 0.2) is 36.9 Å². The van der Waals surface area contributed by atoms with Crippen molar-refractivity contribution < 1.29 is 23.9 Å². The van der Waals surface area contributed by atoms with Crippen LogP contribution in [0.25, 0.3) is 0 Å². The van der Waals surface area contributed by atoms with Gasteiger partial charge in [0.25, 0.3) is 11.8 Å². The predicted octanol–water partition coefficient (Wildman–Crippen LogP) is 1.14. The first-order valence-corrected chi connectivity index (χ1v) is 8.78. The Bertz CT molecular complexity index is 748. The van der Waals surface area contributed by atoms with Gasteiger partial charge in [0.1, 0.15) is 6.61 Å². The molecule has 4 amide bonds. The minimum atomic E-state index is -0.423. The third kappa shape index (κ3) is 3.84. The second-order valence-electron chi connectivity index (χ2n) is 6.29. The summed E-state index contributed by atoms with van der Waals surface area (Å²) in [5, 5.41) is 0. The summed E-state index contributed by atoms with van der Waals surface area (Å²) in [6, 6.07) is 6.64. The van der Waals surface area contributed by atoms with Crippen molar-refractivity contribution in [3.63, 3.8) is 0 Å². The average Bonchev–Trinajstić information content (AvgIpc) is 2.95. The van der Waals surface area contributed by atoms with E-state index in [1.54, 1.807) is 29.2 Å². The summed E-state index contributed by atoms with van der Waals surface area (Å²) < 4.78 is 4.98. The lowest BCUT2D eigenvalue weighted by molar-refractivity contribution is -0.132. The standard InChI is InChI=1S/C19H21N3O5/c1-2-13-27-19(26)21-11-9-20(10-12-21)16(23)7-8-22-17(24)14-5-3-4-6-15(14)18(22)25/h2-6H,1,7-13H2. The first-order valence-electron chi connectivity index (χ1n) is 8.78. The van der Waals surface area contributed by atoms with Gasteiger partial charge in [0.2, 0.25) is 5.91 Å². The quantitative estimate of drug-likeness (QED) is 0.572. The van der Waals surface area contributed by atoms with Crippen LogP contribution < -0.4 is 0 Å². The summed E-state index contributed by atoms with van der Waals surface area (Å²) in [6.07, 6.45) is 1.14. The molecule has 0 unspecified atom stereocenters. The number of carbonyl (C=O) groups excluding carboxylic acids is 4. The first-order chi connectivity index (χ1) is 13.0. The van der Waals surface area contributed by atoms with Gasteiger partial charge in [-0.1, -0.05) is 24.8 Å². The zero-order valence-corrected chi connectivity index (χ0v) is 14.9. The highest BCUT2D eigenvalue weighted by molar-refractivity contribution is 6.21. The molecule has 0 atom stereocenters. The number of imide groups is 1. The number of amides is 4. The van der Waals surface area contributed by atoms with E-state index in [1.807, 2.05) is 0 Å². The van der Waals surface area contributed by atoms with E-state index in [0.29, 0.717) is 37.3 Å². The minimum absolute atomic E-state index is 0.0484. The third-order valence-electron chi connectivity index (χ3n) is 4.64. The van der Waals surface area contributed by atoms with Gasteiger partial charge in [0.05, 0.1) is 11.1 Å². The van der Waals surface area contributed by atoms with E-state index < -0.39 is 6.09 Å². The SMILES string of the molecule is C=CCOC(=O)N1CCN(C(=O)CCN2C(=O)c3ccccc3C2=O)CC1.